The summed E-state index contributed by atoms with van der Waals surface area (Å²) in [6.45, 7) is 5.26. The average molecular weight is 347 g/mol. The summed E-state index contributed by atoms with van der Waals surface area (Å²) in [5.74, 6) is -0.241. The van der Waals surface area contributed by atoms with Crippen LogP contribution in [0.3, 0.4) is 0 Å². The Hall–Kier alpha value is -2.27. The van der Waals surface area contributed by atoms with Gasteiger partial charge in [-0.25, -0.2) is 9.78 Å². The number of halogens is 1. The van der Waals surface area contributed by atoms with E-state index in [0.29, 0.717) is 16.8 Å². The van der Waals surface area contributed by atoms with E-state index in [1.807, 2.05) is 24.4 Å². The molecule has 0 aliphatic heterocycles. The molecule has 2 aromatic heterocycles. The quantitative estimate of drug-likeness (QED) is 0.675. The van der Waals surface area contributed by atoms with Gasteiger partial charge in [0, 0.05) is 28.7 Å². The fraction of sp³-hybridized carbons (Fsp3) is 0.333. The Morgan fingerprint density at radius 3 is 2.75 bits per heavy atom. The minimum Gasteiger partial charge on any atom is -0.476 e. The van der Waals surface area contributed by atoms with Gasteiger partial charge >= 0.3 is 5.97 Å². The highest BCUT2D eigenvalue weighted by molar-refractivity contribution is 6.31. The Bertz CT molecular complexity index is 878. The number of hydrogen-bond acceptors (Lipinski definition) is 3. The summed E-state index contributed by atoms with van der Waals surface area (Å²) in [6, 6.07) is 5.69. The molecule has 2 heterocycles. The van der Waals surface area contributed by atoms with E-state index >= 15 is 0 Å². The van der Waals surface area contributed by atoms with Crippen molar-refractivity contribution < 1.29 is 14.3 Å². The summed E-state index contributed by atoms with van der Waals surface area (Å²) in [5, 5.41) is 10.6. The van der Waals surface area contributed by atoms with Crippen molar-refractivity contribution in [2.45, 2.75) is 33.2 Å². The van der Waals surface area contributed by atoms with Crippen LogP contribution in [0.1, 0.15) is 37.2 Å². The molecule has 0 unspecified atom stereocenters. The van der Waals surface area contributed by atoms with Crippen LogP contribution in [-0.2, 0) is 6.54 Å². The van der Waals surface area contributed by atoms with Crippen molar-refractivity contribution in [3.63, 3.8) is 0 Å². The first-order valence-corrected chi connectivity index (χ1v) is 8.38. The molecule has 0 saturated carbocycles. The van der Waals surface area contributed by atoms with Gasteiger partial charge in [-0.2, -0.15) is 0 Å². The van der Waals surface area contributed by atoms with Crippen LogP contribution in [0.4, 0.5) is 0 Å². The number of fused-ring (bicyclic) bond motifs is 1. The Kier molecular flexibility index (Phi) is 4.62. The third kappa shape index (κ3) is 3.04. The largest absolute Gasteiger partial charge is 0.476 e. The third-order valence-corrected chi connectivity index (χ3v) is 4.64. The highest BCUT2D eigenvalue weighted by atomic mass is 35.5. The molecule has 1 aromatic carbocycles. The molecule has 0 amide bonds. The maximum Gasteiger partial charge on any atom is 0.357 e. The molecule has 0 bridgehead atoms. The van der Waals surface area contributed by atoms with E-state index in [0.717, 1.165) is 42.1 Å². The van der Waals surface area contributed by atoms with Crippen molar-refractivity contribution in [2.75, 3.05) is 0 Å². The normalized spacial score (nSPS) is 11.5. The van der Waals surface area contributed by atoms with Crippen LogP contribution in [0.25, 0.3) is 22.4 Å². The zero-order valence-corrected chi connectivity index (χ0v) is 14.4. The van der Waals surface area contributed by atoms with Gasteiger partial charge in [0.15, 0.2) is 5.69 Å². The van der Waals surface area contributed by atoms with Crippen molar-refractivity contribution in [2.24, 2.45) is 5.92 Å². The summed E-state index contributed by atoms with van der Waals surface area (Å²) in [5.41, 5.74) is 1.69. The molecule has 0 radical (unpaired) electrons. The lowest BCUT2D eigenvalue weighted by atomic mass is 10.0. The predicted molar refractivity (Wildman–Crippen MR) is 93.5 cm³/mol. The molecule has 6 heteroatoms. The van der Waals surface area contributed by atoms with Crippen molar-refractivity contribution in [1.82, 2.24) is 9.55 Å². The molecule has 5 nitrogen and oxygen atoms in total. The molecule has 0 atom stereocenters. The number of carbonyl (C=O) groups is 1. The molecule has 24 heavy (non-hydrogen) atoms. The van der Waals surface area contributed by atoms with Gasteiger partial charge in [-0.05, 0) is 24.1 Å². The van der Waals surface area contributed by atoms with E-state index in [9.17, 15) is 4.79 Å². The van der Waals surface area contributed by atoms with Crippen LogP contribution in [0.5, 0.6) is 0 Å². The van der Waals surface area contributed by atoms with Crippen molar-refractivity contribution in [3.05, 3.63) is 41.4 Å². The van der Waals surface area contributed by atoms with E-state index in [1.54, 1.807) is 0 Å². The zero-order chi connectivity index (χ0) is 17.3. The molecule has 0 aliphatic carbocycles. The molecule has 126 valence electrons. The summed E-state index contributed by atoms with van der Waals surface area (Å²) in [7, 11) is 0. The van der Waals surface area contributed by atoms with Gasteiger partial charge in [-0.15, -0.1) is 0 Å². The minimum atomic E-state index is -1.11. The summed E-state index contributed by atoms with van der Waals surface area (Å²) < 4.78 is 7.55. The molecular weight excluding hydrogens is 328 g/mol. The van der Waals surface area contributed by atoms with Crippen LogP contribution in [0.2, 0.25) is 5.02 Å². The van der Waals surface area contributed by atoms with Crippen LogP contribution >= 0.6 is 11.6 Å². The first-order valence-electron chi connectivity index (χ1n) is 8.01. The fourth-order valence-corrected chi connectivity index (χ4v) is 3.08. The van der Waals surface area contributed by atoms with Crippen LogP contribution in [0.15, 0.2) is 35.1 Å². The highest BCUT2D eigenvalue weighted by Gasteiger charge is 2.18. The lowest BCUT2D eigenvalue weighted by molar-refractivity contribution is 0.0690. The first-order chi connectivity index (χ1) is 11.5. The van der Waals surface area contributed by atoms with Gasteiger partial charge in [-0.1, -0.05) is 38.3 Å². The van der Waals surface area contributed by atoms with Gasteiger partial charge in [0.05, 0.1) is 5.56 Å². The maximum atomic E-state index is 11.0. The van der Waals surface area contributed by atoms with E-state index in [4.69, 9.17) is 21.1 Å². The zero-order valence-electron chi connectivity index (χ0n) is 13.6. The summed E-state index contributed by atoms with van der Waals surface area (Å²) in [4.78, 5) is 15.1. The fourth-order valence-electron chi connectivity index (χ4n) is 2.91. The molecule has 3 rings (SSSR count). The van der Waals surface area contributed by atoms with Crippen molar-refractivity contribution in [3.8, 4) is 11.5 Å². The molecule has 3 aromatic rings. The van der Waals surface area contributed by atoms with Crippen molar-refractivity contribution >= 4 is 28.5 Å². The van der Waals surface area contributed by atoms with Gasteiger partial charge < -0.3 is 14.1 Å². The number of carboxylic acid groups (broad SMARTS) is 1. The average Bonchev–Trinajstić information content (AvgIpc) is 3.17. The maximum absolute atomic E-state index is 11.0. The summed E-state index contributed by atoms with van der Waals surface area (Å²) in [6.07, 6.45) is 5.32. The van der Waals surface area contributed by atoms with Crippen LogP contribution < -0.4 is 0 Å². The third-order valence-electron chi connectivity index (χ3n) is 4.41. The standard InChI is InChI=1S/C18H19ClN2O3/c1-3-11(4-2)8-21-9-14(13-7-12(19)5-6-16(13)21)17-20-15(10-24-17)18(22)23/h5-7,9-11H,3-4,8H2,1-2H3,(H,22,23). The minimum absolute atomic E-state index is 0.104. The molecule has 0 saturated heterocycles. The Balaban J connectivity index is 2.12. The highest BCUT2D eigenvalue weighted by Crippen LogP contribution is 2.33. The van der Waals surface area contributed by atoms with Gasteiger partial charge in [0.25, 0.3) is 0 Å². The van der Waals surface area contributed by atoms with Crippen molar-refractivity contribution in [1.29, 1.82) is 0 Å². The van der Waals surface area contributed by atoms with Gasteiger partial charge in [0.1, 0.15) is 6.26 Å². The Morgan fingerprint density at radius 2 is 2.12 bits per heavy atom. The molecular formula is C18H19ClN2O3. The summed E-state index contributed by atoms with van der Waals surface area (Å²) >= 11 is 6.15. The number of oxazole rings is 1. The number of rotatable bonds is 6. The van der Waals surface area contributed by atoms with Crippen LogP contribution in [-0.4, -0.2) is 20.6 Å². The molecule has 0 aliphatic rings. The van der Waals surface area contributed by atoms with E-state index in [1.165, 1.54) is 0 Å². The number of aromatic nitrogens is 2. The van der Waals surface area contributed by atoms with E-state index < -0.39 is 5.97 Å². The number of benzene rings is 1. The van der Waals surface area contributed by atoms with Gasteiger partial charge in [0.2, 0.25) is 5.89 Å². The number of carboxylic acids is 1. The lowest BCUT2D eigenvalue weighted by Gasteiger charge is -2.14. The molecule has 0 fully saturated rings. The number of aromatic carboxylic acids is 1. The lowest BCUT2D eigenvalue weighted by Crippen LogP contribution is -2.07. The second kappa shape index (κ2) is 6.69. The Labute approximate surface area is 144 Å². The Morgan fingerprint density at radius 1 is 1.38 bits per heavy atom. The second-order valence-corrected chi connectivity index (χ2v) is 6.32. The SMILES string of the molecule is CCC(CC)Cn1cc(-c2nc(C(=O)O)co2)c2cc(Cl)ccc21. The smallest absolute Gasteiger partial charge is 0.357 e. The number of hydrogen-bond donors (Lipinski definition) is 1. The van der Waals surface area contributed by atoms with E-state index in [-0.39, 0.29) is 5.69 Å². The molecule has 0 spiro atoms. The monoisotopic (exact) mass is 346 g/mol. The number of nitrogens with zero attached hydrogens (tertiary/aromatic N) is 2. The first kappa shape index (κ1) is 16.6. The predicted octanol–water partition coefficient (Wildman–Crippen LogP) is 5.08. The molecule has 1 N–H and O–H groups in total. The second-order valence-electron chi connectivity index (χ2n) is 5.88. The van der Waals surface area contributed by atoms with Gasteiger partial charge in [-0.3, -0.25) is 0 Å². The topological polar surface area (TPSA) is 68.3 Å². The van der Waals surface area contributed by atoms with E-state index in [2.05, 4.69) is 23.4 Å². The van der Waals surface area contributed by atoms with Crippen LogP contribution in [0, 0.1) is 5.92 Å².